The number of hydrogen-bond donors (Lipinski definition) is 0. The summed E-state index contributed by atoms with van der Waals surface area (Å²) in [6, 6.07) is 9.19. The lowest BCUT2D eigenvalue weighted by Crippen LogP contribution is -2.22. The van der Waals surface area contributed by atoms with Gasteiger partial charge in [-0.15, -0.1) is 5.10 Å². The maximum atomic E-state index is 5.78. The molecule has 0 bridgehead atoms. The third-order valence-corrected chi connectivity index (χ3v) is 6.03. The fourth-order valence-corrected chi connectivity index (χ4v) is 3.32. The minimum absolute atomic E-state index is 0.462. The second-order valence-corrected chi connectivity index (χ2v) is 13.6. The van der Waals surface area contributed by atoms with E-state index >= 15 is 0 Å². The standard InChI is InChI=1S/C15H22BrN3OSSi/c1-21-15-17-14(12-5-7-13(16)8-6-12)18-19(15)11-20-9-10-22(2,3)4/h5-8H,9-11H2,1-4H3. The van der Waals surface area contributed by atoms with Crippen LogP contribution in [-0.2, 0) is 11.5 Å². The minimum Gasteiger partial charge on any atom is -0.359 e. The first-order valence-corrected chi connectivity index (χ1v) is 12.9. The second-order valence-electron chi connectivity index (χ2n) is 6.28. The van der Waals surface area contributed by atoms with Gasteiger partial charge in [-0.05, 0) is 24.4 Å². The van der Waals surface area contributed by atoms with Gasteiger partial charge in [0.05, 0.1) is 0 Å². The number of benzene rings is 1. The number of thioether (sulfide) groups is 1. The molecule has 0 saturated carbocycles. The average Bonchev–Trinajstić information content (AvgIpc) is 2.86. The van der Waals surface area contributed by atoms with Crippen LogP contribution in [0.25, 0.3) is 11.4 Å². The van der Waals surface area contributed by atoms with Crippen LogP contribution in [0, 0.1) is 0 Å². The molecule has 0 aliphatic rings. The van der Waals surface area contributed by atoms with Crippen LogP contribution in [0.4, 0.5) is 0 Å². The fourth-order valence-electron chi connectivity index (χ4n) is 1.81. The van der Waals surface area contributed by atoms with Gasteiger partial charge in [0, 0.05) is 24.7 Å². The Morgan fingerprint density at radius 1 is 1.23 bits per heavy atom. The molecule has 2 aromatic rings. The Morgan fingerprint density at radius 3 is 2.50 bits per heavy atom. The third-order valence-electron chi connectivity index (χ3n) is 3.13. The Morgan fingerprint density at radius 2 is 1.91 bits per heavy atom. The van der Waals surface area contributed by atoms with Crippen LogP contribution in [0.2, 0.25) is 25.7 Å². The van der Waals surface area contributed by atoms with Gasteiger partial charge in [0.15, 0.2) is 11.0 Å². The topological polar surface area (TPSA) is 39.9 Å². The van der Waals surface area contributed by atoms with Crippen LogP contribution in [0.3, 0.4) is 0 Å². The van der Waals surface area contributed by atoms with Crippen molar-refractivity contribution in [3.63, 3.8) is 0 Å². The van der Waals surface area contributed by atoms with Gasteiger partial charge in [-0.25, -0.2) is 9.67 Å². The molecule has 0 spiro atoms. The molecule has 0 amide bonds. The summed E-state index contributed by atoms with van der Waals surface area (Å²) < 4.78 is 8.67. The predicted octanol–water partition coefficient (Wildman–Crippen LogP) is 4.74. The lowest BCUT2D eigenvalue weighted by molar-refractivity contribution is 0.0720. The maximum Gasteiger partial charge on any atom is 0.188 e. The normalized spacial score (nSPS) is 11.9. The number of hydrogen-bond acceptors (Lipinski definition) is 4. The number of aromatic nitrogens is 3. The van der Waals surface area contributed by atoms with Gasteiger partial charge < -0.3 is 4.74 Å². The summed E-state index contributed by atoms with van der Waals surface area (Å²) in [6.45, 7) is 8.31. The molecule has 0 saturated heterocycles. The number of nitrogens with zero attached hydrogens (tertiary/aromatic N) is 3. The highest BCUT2D eigenvalue weighted by Gasteiger charge is 2.14. The minimum atomic E-state index is -1.05. The SMILES string of the molecule is CSc1nc(-c2ccc(Br)cc2)nn1COCC[Si](C)(C)C. The van der Waals surface area contributed by atoms with E-state index in [0.717, 1.165) is 33.7 Å². The molecule has 0 fully saturated rings. The monoisotopic (exact) mass is 399 g/mol. The summed E-state index contributed by atoms with van der Waals surface area (Å²) in [5.74, 6) is 0.741. The second kappa shape index (κ2) is 7.76. The molecule has 0 N–H and O–H groups in total. The quantitative estimate of drug-likeness (QED) is 0.382. The van der Waals surface area contributed by atoms with Gasteiger partial charge in [-0.3, -0.25) is 0 Å². The van der Waals surface area contributed by atoms with Crippen molar-refractivity contribution in [2.45, 2.75) is 37.6 Å². The van der Waals surface area contributed by atoms with E-state index in [1.807, 2.05) is 35.2 Å². The first-order valence-electron chi connectivity index (χ1n) is 7.21. The molecular formula is C15H22BrN3OSSi. The van der Waals surface area contributed by atoms with Crippen LogP contribution < -0.4 is 0 Å². The van der Waals surface area contributed by atoms with Crippen molar-refractivity contribution < 1.29 is 4.74 Å². The molecule has 0 aliphatic heterocycles. The highest BCUT2D eigenvalue weighted by molar-refractivity contribution is 9.10. The smallest absolute Gasteiger partial charge is 0.188 e. The first-order chi connectivity index (χ1) is 10.4. The van der Waals surface area contributed by atoms with Crippen molar-refractivity contribution in [3.8, 4) is 11.4 Å². The molecule has 7 heteroatoms. The lowest BCUT2D eigenvalue weighted by Gasteiger charge is -2.15. The highest BCUT2D eigenvalue weighted by atomic mass is 79.9. The Balaban J connectivity index is 2.04. The molecule has 1 aromatic heterocycles. The van der Waals surface area contributed by atoms with Crippen LogP contribution in [0.1, 0.15) is 0 Å². The zero-order valence-electron chi connectivity index (χ0n) is 13.5. The molecule has 0 aliphatic carbocycles. The average molecular weight is 400 g/mol. The largest absolute Gasteiger partial charge is 0.359 e. The molecular weight excluding hydrogens is 378 g/mol. The zero-order chi connectivity index (χ0) is 16.2. The van der Waals surface area contributed by atoms with Crippen LogP contribution in [0.5, 0.6) is 0 Å². The van der Waals surface area contributed by atoms with Gasteiger partial charge in [0.1, 0.15) is 6.73 Å². The third kappa shape index (κ3) is 5.22. The van der Waals surface area contributed by atoms with Crippen molar-refractivity contribution in [3.05, 3.63) is 28.7 Å². The van der Waals surface area contributed by atoms with E-state index in [9.17, 15) is 0 Å². The van der Waals surface area contributed by atoms with Gasteiger partial charge >= 0.3 is 0 Å². The van der Waals surface area contributed by atoms with Gasteiger partial charge in [0.25, 0.3) is 0 Å². The van der Waals surface area contributed by atoms with E-state index in [4.69, 9.17) is 4.74 Å². The van der Waals surface area contributed by atoms with E-state index in [2.05, 4.69) is 45.7 Å². The Kier molecular flexibility index (Phi) is 6.25. The molecule has 1 aromatic carbocycles. The van der Waals surface area contributed by atoms with Gasteiger partial charge in [-0.1, -0.05) is 59.5 Å². The van der Waals surface area contributed by atoms with Crippen LogP contribution >= 0.6 is 27.7 Å². The highest BCUT2D eigenvalue weighted by Crippen LogP contribution is 2.22. The molecule has 120 valence electrons. The summed E-state index contributed by atoms with van der Waals surface area (Å²) >= 11 is 5.03. The molecule has 2 rings (SSSR count). The van der Waals surface area contributed by atoms with Crippen molar-refractivity contribution in [2.24, 2.45) is 0 Å². The number of ether oxygens (including phenoxy) is 1. The Labute approximate surface area is 145 Å². The molecule has 0 unspecified atom stereocenters. The number of rotatable bonds is 7. The van der Waals surface area contributed by atoms with Crippen molar-refractivity contribution in [1.82, 2.24) is 14.8 Å². The summed E-state index contributed by atoms with van der Waals surface area (Å²) in [6.07, 6.45) is 2.01. The summed E-state index contributed by atoms with van der Waals surface area (Å²) in [4.78, 5) is 4.58. The van der Waals surface area contributed by atoms with E-state index in [1.165, 1.54) is 0 Å². The molecule has 0 radical (unpaired) electrons. The first kappa shape index (κ1) is 17.7. The maximum absolute atomic E-state index is 5.78. The van der Waals surface area contributed by atoms with Crippen molar-refractivity contribution in [2.75, 3.05) is 12.9 Å². The predicted molar refractivity (Wildman–Crippen MR) is 99.0 cm³/mol. The molecule has 22 heavy (non-hydrogen) atoms. The summed E-state index contributed by atoms with van der Waals surface area (Å²) in [5, 5.41) is 5.45. The van der Waals surface area contributed by atoms with E-state index in [1.54, 1.807) is 11.8 Å². The molecule has 1 heterocycles. The molecule has 0 atom stereocenters. The summed E-state index contributed by atoms with van der Waals surface area (Å²) in [5.41, 5.74) is 1.01. The van der Waals surface area contributed by atoms with E-state index in [-0.39, 0.29) is 0 Å². The van der Waals surface area contributed by atoms with E-state index < -0.39 is 8.07 Å². The van der Waals surface area contributed by atoms with Crippen molar-refractivity contribution in [1.29, 1.82) is 0 Å². The van der Waals surface area contributed by atoms with Crippen molar-refractivity contribution >= 4 is 35.8 Å². The van der Waals surface area contributed by atoms with E-state index in [0.29, 0.717) is 6.73 Å². The van der Waals surface area contributed by atoms with Gasteiger partial charge in [-0.2, -0.15) is 0 Å². The van der Waals surface area contributed by atoms with Gasteiger partial charge in [0.2, 0.25) is 0 Å². The lowest BCUT2D eigenvalue weighted by atomic mass is 10.2. The Hall–Kier alpha value is -0.633. The van der Waals surface area contributed by atoms with Crippen LogP contribution in [-0.4, -0.2) is 35.7 Å². The number of halogens is 1. The summed E-state index contributed by atoms with van der Waals surface area (Å²) in [7, 11) is -1.05. The fraction of sp³-hybridized carbons (Fsp3) is 0.467. The zero-order valence-corrected chi connectivity index (χ0v) is 16.9. The molecule has 4 nitrogen and oxygen atoms in total. The van der Waals surface area contributed by atoms with Crippen LogP contribution in [0.15, 0.2) is 33.9 Å². The Bertz CT molecular complexity index is 610.